The van der Waals surface area contributed by atoms with Gasteiger partial charge in [-0.1, -0.05) is 24.3 Å². The van der Waals surface area contributed by atoms with Gasteiger partial charge >= 0.3 is 5.97 Å². The van der Waals surface area contributed by atoms with Gasteiger partial charge in [-0.2, -0.15) is 0 Å². The van der Waals surface area contributed by atoms with Crippen LogP contribution in [0.4, 0.5) is 0 Å². The zero-order valence-electron chi connectivity index (χ0n) is 10.5. The second kappa shape index (κ2) is 7.50. The zero-order chi connectivity index (χ0) is 14.3. The number of hydrogen-bond donors (Lipinski definition) is 4. The van der Waals surface area contributed by atoms with Gasteiger partial charge in [0.15, 0.2) is 6.10 Å². The standard InChI is InChI=1S/C13H18N2O4/c14-8-10-4-2-1-3-9(10)7-12(17)15-6-5-11(16)13(18)19/h1-4,11,16H,5-8,14H2,(H,15,17)(H,18,19)/t11-/m0/s1. The average Bonchev–Trinajstić information content (AvgIpc) is 2.39. The molecule has 0 unspecified atom stereocenters. The van der Waals surface area contributed by atoms with Crippen molar-refractivity contribution in [1.82, 2.24) is 5.32 Å². The number of carbonyl (C=O) groups is 2. The molecule has 0 bridgehead atoms. The molecule has 1 rings (SSSR count). The molecule has 1 aromatic carbocycles. The number of aliphatic hydroxyl groups excluding tert-OH is 1. The second-order valence-corrected chi connectivity index (χ2v) is 4.14. The predicted octanol–water partition coefficient (Wildman–Crippen LogP) is -0.360. The van der Waals surface area contributed by atoms with Crippen LogP contribution in [-0.4, -0.2) is 34.7 Å². The molecule has 1 aromatic rings. The summed E-state index contributed by atoms with van der Waals surface area (Å²) in [7, 11) is 0. The normalized spacial score (nSPS) is 11.9. The van der Waals surface area contributed by atoms with Gasteiger partial charge in [0, 0.05) is 19.5 Å². The summed E-state index contributed by atoms with van der Waals surface area (Å²) in [6.07, 6.45) is -1.27. The Bertz CT molecular complexity index is 448. The van der Waals surface area contributed by atoms with E-state index in [1.165, 1.54) is 0 Å². The van der Waals surface area contributed by atoms with Gasteiger partial charge in [0.25, 0.3) is 0 Å². The number of benzene rings is 1. The minimum atomic E-state index is -1.45. The fourth-order valence-corrected chi connectivity index (χ4v) is 1.64. The molecule has 19 heavy (non-hydrogen) atoms. The van der Waals surface area contributed by atoms with Gasteiger partial charge in [-0.05, 0) is 11.1 Å². The maximum absolute atomic E-state index is 11.7. The molecule has 5 N–H and O–H groups in total. The summed E-state index contributed by atoms with van der Waals surface area (Å²) in [5.41, 5.74) is 7.32. The Morgan fingerprint density at radius 1 is 1.26 bits per heavy atom. The molecule has 0 aliphatic carbocycles. The summed E-state index contributed by atoms with van der Waals surface area (Å²) in [5.74, 6) is -1.51. The van der Waals surface area contributed by atoms with E-state index in [2.05, 4.69) is 5.32 Å². The predicted molar refractivity (Wildman–Crippen MR) is 69.3 cm³/mol. The maximum atomic E-state index is 11.7. The van der Waals surface area contributed by atoms with E-state index in [0.29, 0.717) is 6.54 Å². The minimum absolute atomic E-state index is 0.0143. The van der Waals surface area contributed by atoms with Crippen molar-refractivity contribution in [3.05, 3.63) is 35.4 Å². The van der Waals surface area contributed by atoms with E-state index >= 15 is 0 Å². The molecule has 1 atom stereocenters. The topological polar surface area (TPSA) is 113 Å². The third-order valence-electron chi connectivity index (χ3n) is 2.71. The van der Waals surface area contributed by atoms with Crippen molar-refractivity contribution in [1.29, 1.82) is 0 Å². The number of aliphatic hydroxyl groups is 1. The second-order valence-electron chi connectivity index (χ2n) is 4.14. The van der Waals surface area contributed by atoms with Crippen LogP contribution in [0, 0.1) is 0 Å². The molecule has 6 heteroatoms. The smallest absolute Gasteiger partial charge is 0.332 e. The summed E-state index contributed by atoms with van der Waals surface area (Å²) >= 11 is 0. The third kappa shape index (κ3) is 5.07. The highest BCUT2D eigenvalue weighted by Crippen LogP contribution is 2.08. The van der Waals surface area contributed by atoms with Gasteiger partial charge in [-0.15, -0.1) is 0 Å². The number of nitrogens with one attached hydrogen (secondary N) is 1. The summed E-state index contributed by atoms with van der Waals surface area (Å²) in [4.78, 5) is 22.0. The van der Waals surface area contributed by atoms with Crippen LogP contribution in [0.15, 0.2) is 24.3 Å². The van der Waals surface area contributed by atoms with Crippen LogP contribution in [-0.2, 0) is 22.6 Å². The van der Waals surface area contributed by atoms with Crippen LogP contribution in [0.25, 0.3) is 0 Å². The Hall–Kier alpha value is -1.92. The summed E-state index contributed by atoms with van der Waals surface area (Å²) in [6, 6.07) is 7.37. The number of carboxylic acids is 1. The Morgan fingerprint density at radius 2 is 1.89 bits per heavy atom. The molecule has 0 aliphatic heterocycles. The zero-order valence-corrected chi connectivity index (χ0v) is 10.5. The summed E-state index contributed by atoms with van der Waals surface area (Å²) in [5, 5.41) is 20.1. The molecule has 0 aliphatic rings. The largest absolute Gasteiger partial charge is 0.479 e. The first kappa shape index (κ1) is 15.1. The number of rotatable bonds is 7. The fraction of sp³-hybridized carbons (Fsp3) is 0.385. The Balaban J connectivity index is 2.41. The molecule has 104 valence electrons. The maximum Gasteiger partial charge on any atom is 0.332 e. The molecule has 0 saturated heterocycles. The van der Waals surface area contributed by atoms with Crippen molar-refractivity contribution in [3.63, 3.8) is 0 Å². The molecule has 0 radical (unpaired) electrons. The van der Waals surface area contributed by atoms with Crippen LogP contribution < -0.4 is 11.1 Å². The highest BCUT2D eigenvalue weighted by Gasteiger charge is 2.13. The van der Waals surface area contributed by atoms with Crippen LogP contribution >= 0.6 is 0 Å². The number of hydrogen-bond acceptors (Lipinski definition) is 4. The summed E-state index contributed by atoms with van der Waals surface area (Å²) < 4.78 is 0. The van der Waals surface area contributed by atoms with Crippen molar-refractivity contribution in [2.45, 2.75) is 25.5 Å². The minimum Gasteiger partial charge on any atom is -0.479 e. The molecular formula is C13H18N2O4. The number of aliphatic carboxylic acids is 1. The molecule has 0 fully saturated rings. The monoisotopic (exact) mass is 266 g/mol. The SMILES string of the molecule is NCc1ccccc1CC(=O)NCC[C@H](O)C(=O)O. The fourth-order valence-electron chi connectivity index (χ4n) is 1.64. The number of carboxylic acid groups (broad SMARTS) is 1. The molecule has 0 saturated carbocycles. The highest BCUT2D eigenvalue weighted by molar-refractivity contribution is 5.79. The number of amides is 1. The van der Waals surface area contributed by atoms with Gasteiger partial charge in [-0.3, -0.25) is 4.79 Å². The van der Waals surface area contributed by atoms with Gasteiger partial charge in [0.1, 0.15) is 0 Å². The lowest BCUT2D eigenvalue weighted by atomic mass is 10.0. The average molecular weight is 266 g/mol. The Labute approximate surface area is 111 Å². The summed E-state index contributed by atoms with van der Waals surface area (Å²) in [6.45, 7) is 0.484. The quantitative estimate of drug-likeness (QED) is 0.538. The number of carbonyl (C=O) groups excluding carboxylic acids is 1. The Morgan fingerprint density at radius 3 is 2.47 bits per heavy atom. The van der Waals surface area contributed by atoms with Crippen LogP contribution in [0.5, 0.6) is 0 Å². The van der Waals surface area contributed by atoms with E-state index in [4.69, 9.17) is 15.9 Å². The molecule has 1 amide bonds. The molecule has 0 spiro atoms. The lowest BCUT2D eigenvalue weighted by molar-refractivity contribution is -0.147. The Kier molecular flexibility index (Phi) is 5.98. The van der Waals surface area contributed by atoms with E-state index in [0.717, 1.165) is 11.1 Å². The van der Waals surface area contributed by atoms with Gasteiger partial charge in [0.05, 0.1) is 6.42 Å². The van der Waals surface area contributed by atoms with E-state index in [-0.39, 0.29) is 25.3 Å². The van der Waals surface area contributed by atoms with Gasteiger partial charge < -0.3 is 21.3 Å². The van der Waals surface area contributed by atoms with E-state index < -0.39 is 12.1 Å². The van der Waals surface area contributed by atoms with Crippen molar-refractivity contribution >= 4 is 11.9 Å². The molecule has 6 nitrogen and oxygen atoms in total. The van der Waals surface area contributed by atoms with E-state index in [9.17, 15) is 9.59 Å². The van der Waals surface area contributed by atoms with Crippen LogP contribution in [0.3, 0.4) is 0 Å². The van der Waals surface area contributed by atoms with Crippen LogP contribution in [0.2, 0.25) is 0 Å². The van der Waals surface area contributed by atoms with Crippen molar-refractivity contribution in [2.24, 2.45) is 5.73 Å². The van der Waals surface area contributed by atoms with Crippen molar-refractivity contribution < 1.29 is 19.8 Å². The number of nitrogens with two attached hydrogens (primary N) is 1. The van der Waals surface area contributed by atoms with E-state index in [1.54, 1.807) is 0 Å². The first-order chi connectivity index (χ1) is 9.04. The van der Waals surface area contributed by atoms with E-state index in [1.807, 2.05) is 24.3 Å². The molecule has 0 heterocycles. The first-order valence-corrected chi connectivity index (χ1v) is 5.99. The van der Waals surface area contributed by atoms with Crippen LogP contribution in [0.1, 0.15) is 17.5 Å². The van der Waals surface area contributed by atoms with Gasteiger partial charge in [0.2, 0.25) is 5.91 Å². The first-order valence-electron chi connectivity index (χ1n) is 5.99. The third-order valence-corrected chi connectivity index (χ3v) is 2.71. The van der Waals surface area contributed by atoms with Crippen molar-refractivity contribution in [3.8, 4) is 0 Å². The molecular weight excluding hydrogens is 248 g/mol. The van der Waals surface area contributed by atoms with Gasteiger partial charge in [-0.25, -0.2) is 4.79 Å². The highest BCUT2D eigenvalue weighted by atomic mass is 16.4. The van der Waals surface area contributed by atoms with Crippen molar-refractivity contribution in [2.75, 3.05) is 6.54 Å². The molecule has 0 aromatic heterocycles. The lowest BCUT2D eigenvalue weighted by Crippen LogP contribution is -2.31. The lowest BCUT2D eigenvalue weighted by Gasteiger charge is -2.09.